The molecular weight excluding hydrogens is 410 g/mol. The lowest BCUT2D eigenvalue weighted by Gasteiger charge is -2.22. The Bertz CT molecular complexity index is 804. The van der Waals surface area contributed by atoms with E-state index in [-0.39, 0.29) is 12.0 Å². The number of sulfonamides is 1. The van der Waals surface area contributed by atoms with Crippen LogP contribution in [0, 0.1) is 5.92 Å². The molecule has 0 aromatic carbocycles. The normalized spacial score (nSPS) is 21.1. The van der Waals surface area contributed by atoms with Crippen LogP contribution in [-0.4, -0.2) is 75.8 Å². The highest BCUT2D eigenvalue weighted by Crippen LogP contribution is 2.27. The average Bonchev–Trinajstić information content (AvgIpc) is 3.49. The summed E-state index contributed by atoms with van der Waals surface area (Å²) in [6.07, 6.45) is 5.28. The first-order valence-corrected chi connectivity index (χ1v) is 12.5. The maximum absolute atomic E-state index is 12.6. The number of nitrogens with one attached hydrogen (secondary N) is 2. The lowest BCUT2D eigenvalue weighted by atomic mass is 10.1. The van der Waals surface area contributed by atoms with E-state index in [1.807, 2.05) is 4.90 Å². The molecule has 0 radical (unpaired) electrons. The number of hydrogen-bond acceptors (Lipinski definition) is 5. The van der Waals surface area contributed by atoms with Gasteiger partial charge in [0.05, 0.1) is 0 Å². The van der Waals surface area contributed by atoms with Crippen molar-refractivity contribution in [3.05, 3.63) is 17.5 Å². The minimum atomic E-state index is -3.44. The van der Waals surface area contributed by atoms with Crippen molar-refractivity contribution in [1.82, 2.24) is 19.8 Å². The van der Waals surface area contributed by atoms with E-state index >= 15 is 0 Å². The highest BCUT2D eigenvalue weighted by atomic mass is 32.2. The third kappa shape index (κ3) is 5.49. The van der Waals surface area contributed by atoms with Crippen LogP contribution in [0.15, 0.2) is 26.7 Å². The number of hydrogen-bond donors (Lipinski definition) is 2. The molecule has 1 atom stereocenters. The number of likely N-dealkylation sites (N-methyl/N-ethyl adjacent to an activating group) is 1. The first kappa shape index (κ1) is 22.0. The van der Waals surface area contributed by atoms with Gasteiger partial charge < -0.3 is 15.5 Å². The van der Waals surface area contributed by atoms with Crippen molar-refractivity contribution in [3.8, 4) is 0 Å². The topological polar surface area (TPSA) is 94.1 Å². The number of carbonyl (C=O) groups is 1. The van der Waals surface area contributed by atoms with Crippen LogP contribution in [0.25, 0.3) is 0 Å². The Kier molecular flexibility index (Phi) is 7.53. The smallest absolute Gasteiger partial charge is 0.252 e. The summed E-state index contributed by atoms with van der Waals surface area (Å²) >= 11 is 1.22. The maximum Gasteiger partial charge on any atom is 0.252 e. The molecule has 1 aliphatic heterocycles. The van der Waals surface area contributed by atoms with Crippen molar-refractivity contribution in [2.45, 2.75) is 42.4 Å². The number of aliphatic imine (C=N–C) groups is 1. The Hall–Kier alpha value is -1.65. The molecule has 1 saturated carbocycles. The van der Waals surface area contributed by atoms with Crippen LogP contribution >= 0.6 is 11.3 Å². The van der Waals surface area contributed by atoms with Crippen molar-refractivity contribution >= 4 is 33.2 Å². The molecule has 8 nitrogen and oxygen atoms in total. The van der Waals surface area contributed by atoms with Gasteiger partial charge in [0.25, 0.3) is 10.0 Å². The fourth-order valence-electron chi connectivity index (χ4n) is 3.91. The van der Waals surface area contributed by atoms with Crippen LogP contribution in [0.4, 0.5) is 0 Å². The third-order valence-corrected chi connectivity index (χ3v) is 8.88. The predicted octanol–water partition coefficient (Wildman–Crippen LogP) is 1.32. The molecular formula is C19H31N5O3S2. The summed E-state index contributed by atoms with van der Waals surface area (Å²) < 4.78 is 26.6. The van der Waals surface area contributed by atoms with Crippen molar-refractivity contribution in [1.29, 1.82) is 0 Å². The van der Waals surface area contributed by atoms with Crippen LogP contribution in [-0.2, 0) is 14.8 Å². The Morgan fingerprint density at radius 2 is 2.10 bits per heavy atom. The zero-order valence-corrected chi connectivity index (χ0v) is 18.8. The summed E-state index contributed by atoms with van der Waals surface area (Å²) in [6.45, 7) is 2.25. The predicted molar refractivity (Wildman–Crippen MR) is 116 cm³/mol. The molecule has 1 unspecified atom stereocenters. The van der Waals surface area contributed by atoms with Crippen molar-refractivity contribution in [2.75, 3.05) is 40.3 Å². The number of rotatable bonds is 7. The molecule has 10 heteroatoms. The van der Waals surface area contributed by atoms with Gasteiger partial charge in [-0.05, 0) is 30.7 Å². The van der Waals surface area contributed by atoms with Crippen LogP contribution < -0.4 is 10.6 Å². The van der Waals surface area contributed by atoms with Gasteiger partial charge in [0.2, 0.25) is 5.91 Å². The van der Waals surface area contributed by atoms with Crippen molar-refractivity contribution in [3.63, 3.8) is 0 Å². The Labute approximate surface area is 177 Å². The van der Waals surface area contributed by atoms with Gasteiger partial charge >= 0.3 is 0 Å². The van der Waals surface area contributed by atoms with Gasteiger partial charge in [-0.1, -0.05) is 18.9 Å². The molecule has 0 spiro atoms. The van der Waals surface area contributed by atoms with Gasteiger partial charge in [-0.25, -0.2) is 8.42 Å². The Morgan fingerprint density at radius 3 is 2.76 bits per heavy atom. The van der Waals surface area contributed by atoms with Crippen LogP contribution in [0.2, 0.25) is 0 Å². The Balaban J connectivity index is 1.42. The quantitative estimate of drug-likeness (QED) is 0.492. The first-order chi connectivity index (χ1) is 13.9. The van der Waals surface area contributed by atoms with E-state index in [9.17, 15) is 13.2 Å². The van der Waals surface area contributed by atoms with Gasteiger partial charge in [0, 0.05) is 52.2 Å². The largest absolute Gasteiger partial charge is 0.355 e. The number of nitrogens with zero attached hydrogens (tertiary/aromatic N) is 3. The molecule has 1 saturated heterocycles. The minimum Gasteiger partial charge on any atom is -0.355 e. The number of thiophene rings is 1. The van der Waals surface area contributed by atoms with Crippen LogP contribution in [0.5, 0.6) is 0 Å². The summed E-state index contributed by atoms with van der Waals surface area (Å²) in [4.78, 5) is 18.8. The van der Waals surface area contributed by atoms with E-state index < -0.39 is 10.0 Å². The van der Waals surface area contributed by atoms with E-state index in [4.69, 9.17) is 0 Å². The first-order valence-electron chi connectivity index (χ1n) is 10.2. The second kappa shape index (κ2) is 9.90. The molecule has 2 aliphatic rings. The maximum atomic E-state index is 12.6. The van der Waals surface area contributed by atoms with Gasteiger partial charge in [0.1, 0.15) is 4.21 Å². The van der Waals surface area contributed by atoms with Crippen LogP contribution in [0.3, 0.4) is 0 Å². The molecule has 2 heterocycles. The standard InChI is InChI=1S/C19H31N5O3S2/c1-20-19(21-10-12-23(2)29(26,27)17-8-5-13-28-17)22-16-9-11-24(14-16)18(25)15-6-3-4-7-15/h5,8,13,15-16H,3-4,6-7,9-12,14H2,1-2H3,(H2,20,21,22). The summed E-state index contributed by atoms with van der Waals surface area (Å²) in [7, 11) is -0.168. The third-order valence-electron chi connectivity index (χ3n) is 5.65. The molecule has 1 aromatic rings. The molecule has 2 N–H and O–H groups in total. The number of guanidine groups is 1. The van der Waals surface area contributed by atoms with E-state index in [0.717, 1.165) is 25.8 Å². The van der Waals surface area contributed by atoms with Crippen molar-refractivity contribution in [2.24, 2.45) is 10.9 Å². The summed E-state index contributed by atoms with van der Waals surface area (Å²) in [5, 5.41) is 8.29. The highest BCUT2D eigenvalue weighted by molar-refractivity contribution is 7.91. The summed E-state index contributed by atoms with van der Waals surface area (Å²) in [5.41, 5.74) is 0. The fourth-order valence-corrected chi connectivity index (χ4v) is 6.29. The molecule has 2 fully saturated rings. The van der Waals surface area contributed by atoms with E-state index in [1.165, 1.54) is 28.5 Å². The minimum absolute atomic E-state index is 0.166. The van der Waals surface area contributed by atoms with Crippen LogP contribution in [0.1, 0.15) is 32.1 Å². The van der Waals surface area contributed by atoms with Gasteiger partial charge in [-0.2, -0.15) is 4.31 Å². The van der Waals surface area contributed by atoms with Gasteiger partial charge in [-0.15, -0.1) is 11.3 Å². The molecule has 162 valence electrons. The zero-order chi connectivity index (χ0) is 20.9. The molecule has 3 rings (SSSR count). The fraction of sp³-hybridized carbons (Fsp3) is 0.684. The van der Waals surface area contributed by atoms with Gasteiger partial charge in [-0.3, -0.25) is 9.79 Å². The lowest BCUT2D eigenvalue weighted by molar-refractivity contribution is -0.134. The zero-order valence-electron chi connectivity index (χ0n) is 17.1. The average molecular weight is 442 g/mol. The van der Waals surface area contributed by atoms with E-state index in [0.29, 0.717) is 35.7 Å². The number of carbonyl (C=O) groups excluding carboxylic acids is 1. The highest BCUT2D eigenvalue weighted by Gasteiger charge is 2.32. The lowest BCUT2D eigenvalue weighted by Crippen LogP contribution is -2.47. The van der Waals surface area contributed by atoms with Crippen molar-refractivity contribution < 1.29 is 13.2 Å². The SMILES string of the molecule is CN=C(NCCN(C)S(=O)(=O)c1cccs1)NC1CCN(C(=O)C2CCCC2)C1. The number of likely N-dealkylation sites (tertiary alicyclic amines) is 1. The summed E-state index contributed by atoms with van der Waals surface area (Å²) in [5.74, 6) is 1.15. The second-order valence-corrected chi connectivity index (χ2v) is 10.9. The molecule has 29 heavy (non-hydrogen) atoms. The number of amides is 1. The molecule has 0 bridgehead atoms. The van der Waals surface area contributed by atoms with Gasteiger partial charge in [0.15, 0.2) is 5.96 Å². The monoisotopic (exact) mass is 441 g/mol. The second-order valence-electron chi connectivity index (χ2n) is 7.65. The van der Waals surface area contributed by atoms with E-state index in [1.54, 1.807) is 31.6 Å². The molecule has 1 amide bonds. The summed E-state index contributed by atoms with van der Waals surface area (Å²) in [6, 6.07) is 3.51. The molecule has 1 aliphatic carbocycles. The Morgan fingerprint density at radius 1 is 1.34 bits per heavy atom. The molecule has 1 aromatic heterocycles. The van der Waals surface area contributed by atoms with E-state index in [2.05, 4.69) is 15.6 Å².